The monoisotopic (exact) mass is 398 g/mol. The van der Waals surface area contributed by atoms with E-state index in [2.05, 4.69) is 15.4 Å². The first kappa shape index (κ1) is 17.6. The predicted octanol–water partition coefficient (Wildman–Crippen LogP) is 4.24. The summed E-state index contributed by atoms with van der Waals surface area (Å²) < 4.78 is 2.59. The third kappa shape index (κ3) is 3.20. The van der Waals surface area contributed by atoms with Gasteiger partial charge in [-0.3, -0.25) is 14.3 Å². The Balaban J connectivity index is 1.77. The van der Waals surface area contributed by atoms with Crippen LogP contribution >= 0.6 is 22.9 Å². The van der Waals surface area contributed by atoms with Crippen molar-refractivity contribution < 1.29 is 4.79 Å². The van der Waals surface area contributed by atoms with Gasteiger partial charge < -0.3 is 5.32 Å². The number of carbonyl (C=O) groups excluding carboxylic acids is 1. The molecule has 0 atom stereocenters. The lowest BCUT2D eigenvalue weighted by molar-refractivity contribution is 0.101. The van der Waals surface area contributed by atoms with Crippen molar-refractivity contribution in [3.05, 3.63) is 62.3 Å². The van der Waals surface area contributed by atoms with Crippen molar-refractivity contribution >= 4 is 55.7 Å². The van der Waals surface area contributed by atoms with Crippen LogP contribution in [0.15, 0.2) is 41.2 Å². The number of nitrogens with zero attached hydrogens (tertiary/aromatic N) is 3. The minimum absolute atomic E-state index is 0.160. The molecule has 0 fully saturated rings. The van der Waals surface area contributed by atoms with Crippen molar-refractivity contribution in [2.24, 2.45) is 0 Å². The Bertz CT molecular complexity index is 1260. The molecule has 0 unspecified atom stereocenters. The van der Waals surface area contributed by atoms with Crippen LogP contribution in [0.4, 0.5) is 5.69 Å². The Morgan fingerprint density at radius 1 is 1.26 bits per heavy atom. The fourth-order valence-corrected chi connectivity index (χ4v) is 4.00. The third-order valence-electron chi connectivity index (χ3n) is 4.18. The maximum atomic E-state index is 12.8. The average molecular weight is 399 g/mol. The van der Waals surface area contributed by atoms with Crippen LogP contribution in [-0.2, 0) is 6.54 Å². The molecule has 1 N–H and O–H groups in total. The maximum Gasteiger partial charge on any atom is 0.280 e. The summed E-state index contributed by atoms with van der Waals surface area (Å²) in [5.41, 5.74) is 1.51. The summed E-state index contributed by atoms with van der Waals surface area (Å²) >= 11 is 7.57. The van der Waals surface area contributed by atoms with Crippen LogP contribution in [0.2, 0.25) is 5.02 Å². The van der Waals surface area contributed by atoms with Crippen LogP contribution < -0.4 is 10.7 Å². The number of aromatic nitrogens is 3. The van der Waals surface area contributed by atoms with Crippen molar-refractivity contribution in [2.75, 3.05) is 5.32 Å². The van der Waals surface area contributed by atoms with Crippen LogP contribution in [0, 0.1) is 6.92 Å². The fraction of sp³-hybridized carbons (Fsp3) is 0.158. The first-order valence-corrected chi connectivity index (χ1v) is 9.54. The zero-order chi connectivity index (χ0) is 19.1. The molecule has 0 saturated heterocycles. The Morgan fingerprint density at radius 3 is 2.85 bits per heavy atom. The summed E-state index contributed by atoms with van der Waals surface area (Å²) in [6.07, 6.45) is 0. The lowest BCUT2D eigenvalue weighted by atomic mass is 10.2. The van der Waals surface area contributed by atoms with Crippen molar-refractivity contribution in [3.8, 4) is 0 Å². The number of amides is 1. The van der Waals surface area contributed by atoms with Gasteiger partial charge in [0.15, 0.2) is 5.69 Å². The molecule has 4 aromatic rings. The summed E-state index contributed by atoms with van der Waals surface area (Å²) in [4.78, 5) is 29.9. The number of halogens is 1. The van der Waals surface area contributed by atoms with Crippen molar-refractivity contribution in [1.82, 2.24) is 14.8 Å². The number of hydrogen-bond acceptors (Lipinski definition) is 5. The van der Waals surface area contributed by atoms with E-state index in [4.69, 9.17) is 11.6 Å². The standard InChI is InChI=1S/C19H15ClN4O2S/c1-3-24-15-7-4-11(20)8-13(15)18(25)17(23-24)19(26)22-12-5-6-14-16(9-12)27-10(2)21-14/h4-9H,3H2,1-2H3,(H,22,26). The second kappa shape index (κ2) is 6.75. The molecule has 0 radical (unpaired) electrons. The minimum atomic E-state index is -0.551. The number of thiazole rings is 1. The van der Waals surface area contributed by atoms with Gasteiger partial charge in [-0.25, -0.2) is 4.98 Å². The van der Waals surface area contributed by atoms with Crippen molar-refractivity contribution in [1.29, 1.82) is 0 Å². The first-order valence-electron chi connectivity index (χ1n) is 8.35. The molecule has 0 saturated carbocycles. The third-order valence-corrected chi connectivity index (χ3v) is 5.35. The number of benzene rings is 2. The van der Waals surface area contributed by atoms with E-state index in [1.165, 1.54) is 0 Å². The van der Waals surface area contributed by atoms with Gasteiger partial charge in [0.25, 0.3) is 5.91 Å². The van der Waals surface area contributed by atoms with E-state index in [0.717, 1.165) is 15.2 Å². The molecule has 1 amide bonds. The van der Waals surface area contributed by atoms with Crippen molar-refractivity contribution in [3.63, 3.8) is 0 Å². The number of hydrogen-bond donors (Lipinski definition) is 1. The van der Waals surface area contributed by atoms with Gasteiger partial charge in [0.2, 0.25) is 5.43 Å². The van der Waals surface area contributed by atoms with Crippen LogP contribution in [0.3, 0.4) is 0 Å². The molecule has 6 nitrogen and oxygen atoms in total. The highest BCUT2D eigenvalue weighted by Crippen LogP contribution is 2.25. The molecule has 136 valence electrons. The predicted molar refractivity (Wildman–Crippen MR) is 109 cm³/mol. The largest absolute Gasteiger partial charge is 0.320 e. The number of carbonyl (C=O) groups is 1. The molecule has 2 heterocycles. The van der Waals surface area contributed by atoms with Gasteiger partial charge in [-0.1, -0.05) is 11.6 Å². The van der Waals surface area contributed by atoms with E-state index in [1.807, 2.05) is 26.0 Å². The van der Waals surface area contributed by atoms with E-state index in [0.29, 0.717) is 28.2 Å². The van der Waals surface area contributed by atoms with Crippen LogP contribution in [-0.4, -0.2) is 20.7 Å². The van der Waals surface area contributed by atoms with Crippen LogP contribution in [0.25, 0.3) is 21.1 Å². The second-order valence-electron chi connectivity index (χ2n) is 6.02. The van der Waals surface area contributed by atoms with Crippen LogP contribution in [0.1, 0.15) is 22.4 Å². The lowest BCUT2D eigenvalue weighted by Gasteiger charge is -2.11. The van der Waals surface area contributed by atoms with Gasteiger partial charge in [0, 0.05) is 17.3 Å². The van der Waals surface area contributed by atoms with E-state index in [-0.39, 0.29) is 5.69 Å². The van der Waals surface area contributed by atoms with Crippen molar-refractivity contribution in [2.45, 2.75) is 20.4 Å². The number of nitrogens with one attached hydrogen (secondary N) is 1. The highest BCUT2D eigenvalue weighted by atomic mass is 35.5. The number of fused-ring (bicyclic) bond motifs is 2. The summed E-state index contributed by atoms with van der Waals surface area (Å²) in [5, 5.41) is 8.77. The fourth-order valence-electron chi connectivity index (χ4n) is 2.96. The Morgan fingerprint density at radius 2 is 2.07 bits per heavy atom. The summed E-state index contributed by atoms with van der Waals surface area (Å²) in [5.74, 6) is -0.551. The van der Waals surface area contributed by atoms with Crippen LogP contribution in [0.5, 0.6) is 0 Å². The minimum Gasteiger partial charge on any atom is -0.320 e. The summed E-state index contributed by atoms with van der Waals surface area (Å²) in [6.45, 7) is 4.35. The maximum absolute atomic E-state index is 12.8. The normalized spacial score (nSPS) is 11.2. The zero-order valence-corrected chi connectivity index (χ0v) is 16.2. The molecular formula is C19H15ClN4O2S. The molecule has 0 bridgehead atoms. The van der Waals surface area contributed by atoms with E-state index in [9.17, 15) is 9.59 Å². The molecule has 27 heavy (non-hydrogen) atoms. The second-order valence-corrected chi connectivity index (χ2v) is 7.70. The topological polar surface area (TPSA) is 76.9 Å². The Hall–Kier alpha value is -2.77. The quantitative estimate of drug-likeness (QED) is 0.560. The van der Waals surface area contributed by atoms with E-state index in [1.54, 1.807) is 40.3 Å². The Labute approximate surface area is 163 Å². The molecule has 2 aromatic heterocycles. The number of anilines is 1. The lowest BCUT2D eigenvalue weighted by Crippen LogP contribution is -2.27. The van der Waals surface area contributed by atoms with E-state index < -0.39 is 11.3 Å². The molecule has 0 aliphatic rings. The van der Waals surface area contributed by atoms with Gasteiger partial charge in [-0.05, 0) is 50.2 Å². The summed E-state index contributed by atoms with van der Waals surface area (Å²) in [6, 6.07) is 10.4. The molecule has 0 aliphatic heterocycles. The van der Waals surface area contributed by atoms with Gasteiger partial charge >= 0.3 is 0 Å². The molecule has 2 aromatic carbocycles. The molecule has 8 heteroatoms. The van der Waals surface area contributed by atoms with E-state index >= 15 is 0 Å². The highest BCUT2D eigenvalue weighted by Gasteiger charge is 2.18. The average Bonchev–Trinajstić information content (AvgIpc) is 3.01. The molecule has 0 spiro atoms. The van der Waals surface area contributed by atoms with Gasteiger partial charge in [-0.15, -0.1) is 11.3 Å². The number of rotatable bonds is 3. The van der Waals surface area contributed by atoms with Gasteiger partial charge in [-0.2, -0.15) is 5.10 Å². The molecule has 4 rings (SSSR count). The number of aryl methyl sites for hydroxylation is 2. The van der Waals surface area contributed by atoms with Gasteiger partial charge in [0.05, 0.1) is 26.1 Å². The molecule has 0 aliphatic carbocycles. The SMILES string of the molecule is CCn1nc(C(=O)Nc2ccc3nc(C)sc3c2)c(=O)c2cc(Cl)ccc21. The highest BCUT2D eigenvalue weighted by molar-refractivity contribution is 7.18. The molecular weight excluding hydrogens is 384 g/mol. The van der Waals surface area contributed by atoms with Gasteiger partial charge in [0.1, 0.15) is 0 Å². The smallest absolute Gasteiger partial charge is 0.280 e. The zero-order valence-electron chi connectivity index (χ0n) is 14.6. The Kier molecular flexibility index (Phi) is 4.41. The first-order chi connectivity index (χ1) is 13.0. The summed E-state index contributed by atoms with van der Waals surface area (Å²) in [7, 11) is 0.